The van der Waals surface area contributed by atoms with Crippen molar-refractivity contribution in [3.63, 3.8) is 0 Å². The normalized spacial score (nSPS) is 10.4. The largest absolute Gasteiger partial charge is 0.494 e. The first-order chi connectivity index (χ1) is 15.5. The number of aromatic nitrogens is 2. The topological polar surface area (TPSA) is 109 Å². The minimum atomic E-state index is -0.385. The summed E-state index contributed by atoms with van der Waals surface area (Å²) in [5.41, 5.74) is 8.15. The summed E-state index contributed by atoms with van der Waals surface area (Å²) in [4.78, 5) is 24.5. The number of benzene rings is 1. The van der Waals surface area contributed by atoms with Gasteiger partial charge in [0.2, 0.25) is 5.91 Å². The molecule has 0 saturated carbocycles. The summed E-state index contributed by atoms with van der Waals surface area (Å²) >= 11 is 0. The fourth-order valence-electron chi connectivity index (χ4n) is 3.39. The molecular weight excluding hydrogens is 406 g/mol. The standard InChI is InChI=1S/C24H33N5O3/c1-4-5-6-7-17-32-21-11-9-20(10-12-21)24(31)27-26-23(30)14-13-22-18(2)28-29(19(22)3)16-8-15-25/h9-12H,4-8,13-14,16-17H2,1-3H3,(H,26,30)(H,27,31). The van der Waals surface area contributed by atoms with Gasteiger partial charge in [-0.25, -0.2) is 0 Å². The van der Waals surface area contributed by atoms with Crippen LogP contribution < -0.4 is 15.6 Å². The van der Waals surface area contributed by atoms with Crippen LogP contribution in [0.1, 0.15) is 72.8 Å². The first-order valence-electron chi connectivity index (χ1n) is 11.2. The third-order valence-electron chi connectivity index (χ3n) is 5.27. The van der Waals surface area contributed by atoms with E-state index < -0.39 is 0 Å². The number of hydrazine groups is 1. The van der Waals surface area contributed by atoms with Gasteiger partial charge in [-0.2, -0.15) is 10.4 Å². The first kappa shape index (κ1) is 24.9. The van der Waals surface area contributed by atoms with Gasteiger partial charge in [-0.1, -0.05) is 26.2 Å². The fraction of sp³-hybridized carbons (Fsp3) is 0.500. The lowest BCUT2D eigenvalue weighted by Gasteiger charge is -2.09. The minimum Gasteiger partial charge on any atom is -0.494 e. The molecule has 0 unspecified atom stereocenters. The minimum absolute atomic E-state index is 0.219. The van der Waals surface area contributed by atoms with Crippen LogP contribution >= 0.6 is 0 Å². The van der Waals surface area contributed by atoms with Crippen molar-refractivity contribution in [2.24, 2.45) is 0 Å². The highest BCUT2D eigenvalue weighted by molar-refractivity contribution is 5.95. The molecule has 1 aromatic heterocycles. The summed E-state index contributed by atoms with van der Waals surface area (Å²) in [5.74, 6) is 0.0571. The summed E-state index contributed by atoms with van der Waals surface area (Å²) < 4.78 is 7.48. The molecule has 0 spiro atoms. The lowest BCUT2D eigenvalue weighted by atomic mass is 10.1. The average Bonchev–Trinajstić information content (AvgIpc) is 3.07. The van der Waals surface area contributed by atoms with Crippen molar-refractivity contribution >= 4 is 11.8 Å². The van der Waals surface area contributed by atoms with Crippen LogP contribution in [0.5, 0.6) is 5.75 Å². The van der Waals surface area contributed by atoms with Crippen LogP contribution in [-0.2, 0) is 17.8 Å². The molecule has 0 aliphatic heterocycles. The number of nitrogens with zero attached hydrogens (tertiary/aromatic N) is 3. The predicted octanol–water partition coefficient (Wildman–Crippen LogP) is 3.77. The Morgan fingerprint density at radius 2 is 1.88 bits per heavy atom. The molecular formula is C24H33N5O3. The molecule has 1 heterocycles. The molecule has 2 rings (SSSR count). The zero-order valence-electron chi connectivity index (χ0n) is 19.2. The predicted molar refractivity (Wildman–Crippen MR) is 122 cm³/mol. The van der Waals surface area contributed by atoms with Crippen LogP contribution in [0.4, 0.5) is 0 Å². The fourth-order valence-corrected chi connectivity index (χ4v) is 3.39. The molecule has 2 amide bonds. The molecule has 0 atom stereocenters. The second-order valence-corrected chi connectivity index (χ2v) is 7.72. The highest BCUT2D eigenvalue weighted by atomic mass is 16.5. The van der Waals surface area contributed by atoms with Crippen LogP contribution in [0, 0.1) is 25.2 Å². The van der Waals surface area contributed by atoms with Gasteiger partial charge in [-0.15, -0.1) is 0 Å². The van der Waals surface area contributed by atoms with Crippen LogP contribution in [-0.4, -0.2) is 28.2 Å². The number of rotatable bonds is 12. The maximum atomic E-state index is 12.3. The van der Waals surface area contributed by atoms with Crippen LogP contribution in [0.3, 0.4) is 0 Å². The summed E-state index contributed by atoms with van der Waals surface area (Å²) in [6.45, 7) is 7.20. The van der Waals surface area contributed by atoms with Crippen molar-refractivity contribution in [3.05, 3.63) is 46.8 Å². The van der Waals surface area contributed by atoms with Crippen LogP contribution in [0.2, 0.25) is 0 Å². The highest BCUT2D eigenvalue weighted by Gasteiger charge is 2.14. The third-order valence-corrected chi connectivity index (χ3v) is 5.27. The molecule has 2 N–H and O–H groups in total. The van der Waals surface area contributed by atoms with Crippen LogP contribution in [0.15, 0.2) is 24.3 Å². The summed E-state index contributed by atoms with van der Waals surface area (Å²) in [5, 5.41) is 13.2. The van der Waals surface area contributed by atoms with Crippen molar-refractivity contribution in [1.82, 2.24) is 20.6 Å². The van der Waals surface area contributed by atoms with E-state index in [1.807, 2.05) is 13.8 Å². The number of hydrogen-bond acceptors (Lipinski definition) is 5. The van der Waals surface area contributed by atoms with E-state index in [0.29, 0.717) is 31.6 Å². The number of amides is 2. The molecule has 0 fully saturated rings. The summed E-state index contributed by atoms with van der Waals surface area (Å²) in [6, 6.07) is 8.97. The highest BCUT2D eigenvalue weighted by Crippen LogP contribution is 2.16. The number of ether oxygens (including phenoxy) is 1. The molecule has 32 heavy (non-hydrogen) atoms. The molecule has 172 valence electrons. The smallest absolute Gasteiger partial charge is 0.269 e. The van der Waals surface area contributed by atoms with E-state index in [2.05, 4.69) is 28.9 Å². The van der Waals surface area contributed by atoms with Gasteiger partial charge in [-0.05, 0) is 56.5 Å². The third kappa shape index (κ3) is 7.73. The molecule has 0 bridgehead atoms. The Labute approximate surface area is 189 Å². The Kier molecular flexibility index (Phi) is 10.2. The second kappa shape index (κ2) is 13.2. The zero-order chi connectivity index (χ0) is 23.3. The Morgan fingerprint density at radius 1 is 1.12 bits per heavy atom. The van der Waals surface area contributed by atoms with E-state index in [1.165, 1.54) is 12.8 Å². The zero-order valence-corrected chi connectivity index (χ0v) is 19.2. The Bertz CT molecular complexity index is 928. The van der Waals surface area contributed by atoms with Gasteiger partial charge in [0.15, 0.2) is 0 Å². The van der Waals surface area contributed by atoms with Crippen molar-refractivity contribution in [3.8, 4) is 11.8 Å². The van der Waals surface area contributed by atoms with Gasteiger partial charge < -0.3 is 4.74 Å². The Hall–Kier alpha value is -3.34. The molecule has 0 saturated heterocycles. The van der Waals surface area contributed by atoms with E-state index in [4.69, 9.17) is 10.00 Å². The van der Waals surface area contributed by atoms with Crippen molar-refractivity contribution in [1.29, 1.82) is 5.26 Å². The maximum absolute atomic E-state index is 12.3. The first-order valence-corrected chi connectivity index (χ1v) is 11.2. The molecule has 8 heteroatoms. The molecule has 2 aromatic rings. The molecule has 0 aliphatic rings. The van der Waals surface area contributed by atoms with Gasteiger partial charge in [0.1, 0.15) is 5.75 Å². The van der Waals surface area contributed by atoms with E-state index in [-0.39, 0.29) is 18.2 Å². The van der Waals surface area contributed by atoms with E-state index in [0.717, 1.165) is 35.5 Å². The Morgan fingerprint density at radius 3 is 2.56 bits per heavy atom. The van der Waals surface area contributed by atoms with Crippen molar-refractivity contribution in [2.45, 2.75) is 72.3 Å². The van der Waals surface area contributed by atoms with Gasteiger partial charge in [0, 0.05) is 17.7 Å². The summed E-state index contributed by atoms with van der Waals surface area (Å²) in [6.07, 6.45) is 5.68. The Balaban J connectivity index is 1.75. The lowest BCUT2D eigenvalue weighted by Crippen LogP contribution is -2.41. The average molecular weight is 440 g/mol. The van der Waals surface area contributed by atoms with Gasteiger partial charge in [0.05, 0.1) is 31.3 Å². The number of nitrogens with one attached hydrogen (secondary N) is 2. The number of unbranched alkanes of at least 4 members (excludes halogenated alkanes) is 3. The van der Waals surface area contributed by atoms with Crippen molar-refractivity contribution < 1.29 is 14.3 Å². The van der Waals surface area contributed by atoms with E-state index in [1.54, 1.807) is 28.9 Å². The monoisotopic (exact) mass is 439 g/mol. The number of hydrogen-bond donors (Lipinski definition) is 2. The number of carbonyl (C=O) groups excluding carboxylic acids is 2. The number of aryl methyl sites for hydroxylation is 2. The molecule has 1 aromatic carbocycles. The summed E-state index contributed by atoms with van der Waals surface area (Å²) in [7, 11) is 0. The molecule has 8 nitrogen and oxygen atoms in total. The maximum Gasteiger partial charge on any atom is 0.269 e. The van der Waals surface area contributed by atoms with E-state index >= 15 is 0 Å². The van der Waals surface area contributed by atoms with Gasteiger partial charge >= 0.3 is 0 Å². The second-order valence-electron chi connectivity index (χ2n) is 7.72. The van der Waals surface area contributed by atoms with E-state index in [9.17, 15) is 9.59 Å². The number of carbonyl (C=O) groups is 2. The van der Waals surface area contributed by atoms with Crippen LogP contribution in [0.25, 0.3) is 0 Å². The van der Waals surface area contributed by atoms with Gasteiger partial charge in [0.25, 0.3) is 5.91 Å². The number of nitriles is 1. The molecule has 0 aliphatic carbocycles. The SMILES string of the molecule is CCCCCCOc1ccc(C(=O)NNC(=O)CCc2c(C)nn(CCC#N)c2C)cc1. The lowest BCUT2D eigenvalue weighted by molar-refractivity contribution is -0.121. The van der Waals surface area contributed by atoms with Crippen molar-refractivity contribution in [2.75, 3.05) is 6.61 Å². The quantitative estimate of drug-likeness (QED) is 0.386. The van der Waals surface area contributed by atoms with Gasteiger partial charge in [-0.3, -0.25) is 25.1 Å². The molecule has 0 radical (unpaired) electrons.